The van der Waals surface area contributed by atoms with E-state index in [-0.39, 0.29) is 11.5 Å². The van der Waals surface area contributed by atoms with Gasteiger partial charge in [-0.1, -0.05) is 11.6 Å². The van der Waals surface area contributed by atoms with Crippen LogP contribution in [-0.4, -0.2) is 26.6 Å². The molecule has 7 heteroatoms. The Morgan fingerprint density at radius 3 is 2.43 bits per heavy atom. The number of methoxy groups -OCH3 is 2. The van der Waals surface area contributed by atoms with Gasteiger partial charge in [-0.25, -0.2) is 4.79 Å². The Kier molecular flexibility index (Phi) is 5.43. The summed E-state index contributed by atoms with van der Waals surface area (Å²) in [6.45, 7) is 0. The Hall–Kier alpha value is -2.73. The van der Waals surface area contributed by atoms with Crippen LogP contribution in [0.25, 0.3) is 0 Å². The maximum Gasteiger partial charge on any atom is 0.417 e. The first kappa shape index (κ1) is 16.6. The van der Waals surface area contributed by atoms with Crippen LogP contribution < -0.4 is 19.5 Å². The molecule has 0 fully saturated rings. The Balaban J connectivity index is 2.15. The third-order valence-corrected chi connectivity index (χ3v) is 3.16. The fourth-order valence-electron chi connectivity index (χ4n) is 1.85. The Labute approximate surface area is 137 Å². The first-order valence-electron chi connectivity index (χ1n) is 6.53. The molecule has 0 aliphatic carbocycles. The van der Waals surface area contributed by atoms with Crippen molar-refractivity contribution in [2.45, 2.75) is 0 Å². The highest BCUT2D eigenvalue weighted by atomic mass is 35.5. The second kappa shape index (κ2) is 7.51. The van der Waals surface area contributed by atoms with Crippen molar-refractivity contribution in [2.75, 3.05) is 19.5 Å². The molecule has 1 amide bonds. The van der Waals surface area contributed by atoms with Crippen molar-refractivity contribution in [3.8, 4) is 17.2 Å². The summed E-state index contributed by atoms with van der Waals surface area (Å²) in [5, 5.41) is 3.03. The van der Waals surface area contributed by atoms with Gasteiger partial charge in [0.2, 0.25) is 0 Å². The molecule has 120 valence electrons. The van der Waals surface area contributed by atoms with Crippen LogP contribution in [0.3, 0.4) is 0 Å². The topological polar surface area (TPSA) is 73.9 Å². The van der Waals surface area contributed by atoms with E-state index in [1.54, 1.807) is 18.2 Å². The Morgan fingerprint density at radius 2 is 1.78 bits per heavy atom. The second-order valence-electron chi connectivity index (χ2n) is 4.39. The summed E-state index contributed by atoms with van der Waals surface area (Å²) in [7, 11) is 2.88. The molecule has 0 unspecified atom stereocenters. The molecule has 2 rings (SSSR count). The lowest BCUT2D eigenvalue weighted by molar-refractivity contribution is 0.112. The van der Waals surface area contributed by atoms with Crippen LogP contribution in [0, 0.1) is 0 Å². The maximum absolute atomic E-state index is 12.0. The molecule has 0 radical (unpaired) electrons. The fourth-order valence-corrected chi connectivity index (χ4v) is 2.01. The SMILES string of the molecule is COc1cc(Cl)ccc1NC(=O)Oc1ccc(C=O)cc1OC. The number of carbonyl (C=O) groups is 2. The molecule has 2 aromatic carbocycles. The van der Waals surface area contributed by atoms with E-state index >= 15 is 0 Å². The Bertz CT molecular complexity index is 732. The molecule has 0 aliphatic heterocycles. The number of rotatable bonds is 5. The molecular weight excluding hydrogens is 322 g/mol. The van der Waals surface area contributed by atoms with E-state index in [1.165, 1.54) is 32.4 Å². The molecule has 2 aromatic rings. The second-order valence-corrected chi connectivity index (χ2v) is 4.82. The molecule has 0 bridgehead atoms. The van der Waals surface area contributed by atoms with Gasteiger partial charge >= 0.3 is 6.09 Å². The van der Waals surface area contributed by atoms with E-state index in [9.17, 15) is 9.59 Å². The molecule has 0 atom stereocenters. The van der Waals surface area contributed by atoms with Crippen molar-refractivity contribution >= 4 is 29.7 Å². The molecule has 6 nitrogen and oxygen atoms in total. The van der Waals surface area contributed by atoms with Gasteiger partial charge in [-0.2, -0.15) is 0 Å². The number of hydrogen-bond donors (Lipinski definition) is 1. The molecule has 0 spiro atoms. The first-order valence-corrected chi connectivity index (χ1v) is 6.90. The molecule has 0 aromatic heterocycles. The lowest BCUT2D eigenvalue weighted by Gasteiger charge is -2.12. The number of hydrogen-bond acceptors (Lipinski definition) is 5. The number of ether oxygens (including phenoxy) is 3. The third kappa shape index (κ3) is 4.14. The smallest absolute Gasteiger partial charge is 0.417 e. The maximum atomic E-state index is 12.0. The van der Waals surface area contributed by atoms with Gasteiger partial charge in [0.25, 0.3) is 0 Å². The van der Waals surface area contributed by atoms with Gasteiger partial charge in [0.1, 0.15) is 12.0 Å². The summed E-state index contributed by atoms with van der Waals surface area (Å²) >= 11 is 5.86. The molecule has 0 aliphatic rings. The molecule has 0 saturated carbocycles. The highest BCUT2D eigenvalue weighted by molar-refractivity contribution is 6.30. The van der Waals surface area contributed by atoms with Gasteiger partial charge in [-0.15, -0.1) is 0 Å². The van der Waals surface area contributed by atoms with Crippen molar-refractivity contribution < 1.29 is 23.8 Å². The number of amides is 1. The third-order valence-electron chi connectivity index (χ3n) is 2.93. The number of anilines is 1. The van der Waals surface area contributed by atoms with Crippen LogP contribution in [-0.2, 0) is 0 Å². The zero-order valence-electron chi connectivity index (χ0n) is 12.5. The highest BCUT2D eigenvalue weighted by Gasteiger charge is 2.13. The van der Waals surface area contributed by atoms with Gasteiger partial charge < -0.3 is 14.2 Å². The normalized spacial score (nSPS) is 9.87. The van der Waals surface area contributed by atoms with Crippen LogP contribution in [0.5, 0.6) is 17.2 Å². The van der Waals surface area contributed by atoms with Gasteiger partial charge in [-0.3, -0.25) is 10.1 Å². The summed E-state index contributed by atoms with van der Waals surface area (Å²) in [5.41, 5.74) is 0.819. The zero-order valence-corrected chi connectivity index (χ0v) is 13.2. The summed E-state index contributed by atoms with van der Waals surface area (Å²) in [5.74, 6) is 0.856. The number of aldehydes is 1. The summed E-state index contributed by atoms with van der Waals surface area (Å²) < 4.78 is 15.4. The van der Waals surface area contributed by atoms with Crippen molar-refractivity contribution in [2.24, 2.45) is 0 Å². The summed E-state index contributed by atoms with van der Waals surface area (Å²) in [4.78, 5) is 22.8. The van der Waals surface area contributed by atoms with Crippen molar-refractivity contribution in [3.63, 3.8) is 0 Å². The monoisotopic (exact) mass is 335 g/mol. The van der Waals surface area contributed by atoms with E-state index in [0.717, 1.165) is 0 Å². The predicted molar refractivity (Wildman–Crippen MR) is 86.0 cm³/mol. The van der Waals surface area contributed by atoms with E-state index in [4.69, 9.17) is 25.8 Å². The van der Waals surface area contributed by atoms with Gasteiger partial charge in [0.05, 0.1) is 19.9 Å². The fraction of sp³-hybridized carbons (Fsp3) is 0.125. The van der Waals surface area contributed by atoms with E-state index in [2.05, 4.69) is 5.32 Å². The van der Waals surface area contributed by atoms with Gasteiger partial charge in [-0.05, 0) is 30.3 Å². The molecule has 1 N–H and O–H groups in total. The average molecular weight is 336 g/mol. The predicted octanol–water partition coefficient (Wildman–Crippen LogP) is 3.78. The van der Waals surface area contributed by atoms with E-state index in [0.29, 0.717) is 28.3 Å². The summed E-state index contributed by atoms with van der Waals surface area (Å²) in [6.07, 6.45) is -0.0620. The van der Waals surface area contributed by atoms with E-state index < -0.39 is 6.09 Å². The van der Waals surface area contributed by atoms with Crippen LogP contribution in [0.2, 0.25) is 5.02 Å². The number of nitrogens with one attached hydrogen (secondary N) is 1. The highest BCUT2D eigenvalue weighted by Crippen LogP contribution is 2.30. The van der Waals surface area contributed by atoms with Crippen LogP contribution >= 0.6 is 11.6 Å². The lowest BCUT2D eigenvalue weighted by atomic mass is 10.2. The molecular formula is C16H14ClNO5. The van der Waals surface area contributed by atoms with Crippen LogP contribution in [0.1, 0.15) is 10.4 Å². The Morgan fingerprint density at radius 1 is 1.04 bits per heavy atom. The molecule has 23 heavy (non-hydrogen) atoms. The van der Waals surface area contributed by atoms with Gasteiger partial charge in [0.15, 0.2) is 11.5 Å². The minimum atomic E-state index is -0.734. The van der Waals surface area contributed by atoms with Crippen LogP contribution in [0.4, 0.5) is 10.5 Å². The number of carbonyl (C=O) groups excluding carboxylic acids is 2. The number of benzene rings is 2. The number of halogens is 1. The molecule has 0 saturated heterocycles. The lowest BCUT2D eigenvalue weighted by Crippen LogP contribution is -2.17. The van der Waals surface area contributed by atoms with Crippen LogP contribution in [0.15, 0.2) is 36.4 Å². The average Bonchev–Trinajstić information content (AvgIpc) is 2.56. The quantitative estimate of drug-likeness (QED) is 0.842. The largest absolute Gasteiger partial charge is 0.495 e. The van der Waals surface area contributed by atoms with Crippen molar-refractivity contribution in [1.82, 2.24) is 0 Å². The summed E-state index contributed by atoms with van der Waals surface area (Å²) in [6, 6.07) is 9.23. The van der Waals surface area contributed by atoms with Crippen molar-refractivity contribution in [1.29, 1.82) is 0 Å². The van der Waals surface area contributed by atoms with Gasteiger partial charge in [0, 0.05) is 16.7 Å². The minimum absolute atomic E-state index is 0.184. The minimum Gasteiger partial charge on any atom is -0.495 e. The van der Waals surface area contributed by atoms with E-state index in [1.807, 2.05) is 0 Å². The molecule has 0 heterocycles. The standard InChI is InChI=1S/C16H14ClNO5/c1-21-14-8-11(17)4-5-12(14)18-16(20)23-13-6-3-10(9-19)7-15(13)22-2/h3-9H,1-2H3,(H,18,20). The van der Waals surface area contributed by atoms with Crippen molar-refractivity contribution in [3.05, 3.63) is 47.0 Å². The zero-order chi connectivity index (χ0) is 16.8. The first-order chi connectivity index (χ1) is 11.1.